The molecule has 0 saturated carbocycles. The highest BCUT2D eigenvalue weighted by Gasteiger charge is 2.31. The van der Waals surface area contributed by atoms with Crippen molar-refractivity contribution in [2.75, 3.05) is 49.5 Å². The average Bonchev–Trinajstić information content (AvgIpc) is 2.93. The number of para-hydroxylation sites is 1. The number of nitrogens with one attached hydrogen (secondary N) is 1. The number of hydrogen-bond donors (Lipinski definition) is 1. The van der Waals surface area contributed by atoms with E-state index in [2.05, 4.69) is 15.2 Å². The third-order valence-electron chi connectivity index (χ3n) is 6.67. The summed E-state index contributed by atoms with van der Waals surface area (Å²) in [6.45, 7) is 3.23. The van der Waals surface area contributed by atoms with Crippen LogP contribution in [0.1, 0.15) is 15.9 Å². The van der Waals surface area contributed by atoms with Gasteiger partial charge in [0.2, 0.25) is 0 Å². The normalized spacial score (nSPS) is 13.7. The molecule has 1 aliphatic rings. The molecule has 0 aliphatic carbocycles. The fraction of sp³-hybridized carbons (Fsp3) is 0.241. The molecule has 0 atom stereocenters. The van der Waals surface area contributed by atoms with Crippen LogP contribution in [-0.4, -0.2) is 55.2 Å². The van der Waals surface area contributed by atoms with Gasteiger partial charge in [0.15, 0.2) is 0 Å². The zero-order valence-electron chi connectivity index (χ0n) is 21.7. The lowest BCUT2D eigenvalue weighted by atomic mass is 10.1. The molecule has 0 radical (unpaired) electrons. The van der Waals surface area contributed by atoms with Gasteiger partial charge in [-0.05, 0) is 54.6 Å². The number of ether oxygens (including phenoxy) is 1. The Hall–Kier alpha value is -3.24. The zero-order valence-corrected chi connectivity index (χ0v) is 24.1. The number of nitrogens with zero attached hydrogens (tertiary/aromatic N) is 3. The first kappa shape index (κ1) is 32.3. The van der Waals surface area contributed by atoms with Gasteiger partial charge in [-0.2, -0.15) is 13.2 Å². The minimum atomic E-state index is -4.36. The summed E-state index contributed by atoms with van der Waals surface area (Å²) >= 11 is 6.09. The van der Waals surface area contributed by atoms with E-state index in [-0.39, 0.29) is 31.4 Å². The molecule has 0 spiro atoms. The minimum Gasteiger partial charge on any atom is -0.461 e. The number of fused-ring (bicyclic) bond motifs is 1. The molecule has 1 saturated heterocycles. The second-order valence-corrected chi connectivity index (χ2v) is 9.64. The van der Waals surface area contributed by atoms with E-state index in [0.717, 1.165) is 22.7 Å². The predicted octanol–water partition coefficient (Wildman–Crippen LogP) is 7.47. The molecule has 5 rings (SSSR count). The van der Waals surface area contributed by atoms with Gasteiger partial charge in [-0.15, -0.1) is 24.8 Å². The van der Waals surface area contributed by atoms with E-state index < -0.39 is 17.7 Å². The molecular weight excluding hydrogens is 600 g/mol. The Bertz CT molecular complexity index is 1480. The van der Waals surface area contributed by atoms with Crippen LogP contribution in [0, 0.1) is 0 Å². The first-order chi connectivity index (χ1) is 18.8. The number of pyridine rings is 1. The van der Waals surface area contributed by atoms with E-state index in [0.29, 0.717) is 54.7 Å². The van der Waals surface area contributed by atoms with Gasteiger partial charge in [0, 0.05) is 60.7 Å². The molecule has 1 N–H and O–H groups in total. The highest BCUT2D eigenvalue weighted by atomic mass is 35.5. The predicted molar refractivity (Wildman–Crippen MR) is 161 cm³/mol. The SMILES string of the molecule is Cl.Cl.O=C(OCCN1CCN(c2cccc(C(F)(F)F)c2)CC1)c1ccccc1Nc1ccnc2cc(Cl)ccc12. The lowest BCUT2D eigenvalue weighted by Gasteiger charge is -2.36. The van der Waals surface area contributed by atoms with Crippen LogP contribution in [0.25, 0.3) is 10.9 Å². The van der Waals surface area contributed by atoms with Gasteiger partial charge >= 0.3 is 12.1 Å². The fourth-order valence-electron chi connectivity index (χ4n) is 4.60. The summed E-state index contributed by atoms with van der Waals surface area (Å²) in [5, 5.41) is 4.78. The third kappa shape index (κ3) is 7.95. The number of hydrogen-bond acceptors (Lipinski definition) is 6. The molecule has 6 nitrogen and oxygen atoms in total. The van der Waals surface area contributed by atoms with E-state index in [1.165, 1.54) is 12.1 Å². The smallest absolute Gasteiger partial charge is 0.416 e. The number of alkyl halides is 3. The molecule has 0 bridgehead atoms. The first-order valence-corrected chi connectivity index (χ1v) is 12.9. The zero-order chi connectivity index (χ0) is 27.4. The van der Waals surface area contributed by atoms with Crippen molar-refractivity contribution in [2.24, 2.45) is 0 Å². The van der Waals surface area contributed by atoms with Crippen LogP contribution in [0.2, 0.25) is 5.02 Å². The number of rotatable bonds is 7. The molecule has 12 heteroatoms. The quantitative estimate of drug-likeness (QED) is 0.215. The molecule has 218 valence electrons. The molecule has 1 aliphatic heterocycles. The number of carbonyl (C=O) groups is 1. The Morgan fingerprint density at radius 2 is 1.68 bits per heavy atom. The standard InChI is InChI=1S/C29H26ClF3N4O2.2ClH/c30-21-8-9-23-26(10-11-34-27(23)19-21)35-25-7-2-1-6-24(25)28(38)39-17-16-36-12-14-37(15-13-36)22-5-3-4-20(18-22)29(31,32)33;;/h1-11,18-19H,12-17H2,(H,34,35);2*1H. The molecule has 1 fully saturated rings. The molecular formula is C29H28Cl3F3N4O2. The lowest BCUT2D eigenvalue weighted by molar-refractivity contribution is -0.137. The van der Waals surface area contributed by atoms with Gasteiger partial charge in [0.1, 0.15) is 6.61 Å². The van der Waals surface area contributed by atoms with E-state index in [1.807, 2.05) is 29.2 Å². The maximum Gasteiger partial charge on any atom is 0.416 e. The number of esters is 1. The van der Waals surface area contributed by atoms with Crippen LogP contribution in [0.4, 0.5) is 30.2 Å². The van der Waals surface area contributed by atoms with Crippen LogP contribution < -0.4 is 10.2 Å². The van der Waals surface area contributed by atoms with E-state index in [1.54, 1.807) is 36.5 Å². The summed E-state index contributed by atoms with van der Waals surface area (Å²) in [4.78, 5) is 21.4. The third-order valence-corrected chi connectivity index (χ3v) is 6.91. The monoisotopic (exact) mass is 626 g/mol. The number of benzene rings is 3. The van der Waals surface area contributed by atoms with E-state index in [4.69, 9.17) is 16.3 Å². The number of anilines is 3. The summed E-state index contributed by atoms with van der Waals surface area (Å²) in [6.07, 6.45) is -2.69. The maximum absolute atomic E-state index is 13.1. The van der Waals surface area contributed by atoms with Gasteiger partial charge in [-0.3, -0.25) is 9.88 Å². The number of carbonyl (C=O) groups excluding carboxylic acids is 1. The summed E-state index contributed by atoms with van der Waals surface area (Å²) in [5.41, 5.74) is 2.46. The van der Waals surface area contributed by atoms with Crippen molar-refractivity contribution in [3.63, 3.8) is 0 Å². The molecule has 0 amide bonds. The minimum absolute atomic E-state index is 0. The Morgan fingerprint density at radius 1 is 0.927 bits per heavy atom. The van der Waals surface area contributed by atoms with Crippen molar-refractivity contribution in [1.82, 2.24) is 9.88 Å². The van der Waals surface area contributed by atoms with Crippen molar-refractivity contribution in [2.45, 2.75) is 6.18 Å². The van der Waals surface area contributed by atoms with Gasteiger partial charge < -0.3 is 15.0 Å². The van der Waals surface area contributed by atoms with Gasteiger partial charge in [0.05, 0.1) is 22.3 Å². The van der Waals surface area contributed by atoms with Crippen LogP contribution in [0.15, 0.2) is 79.0 Å². The summed E-state index contributed by atoms with van der Waals surface area (Å²) in [5.74, 6) is -0.442. The van der Waals surface area contributed by atoms with Crippen molar-refractivity contribution in [1.29, 1.82) is 0 Å². The van der Waals surface area contributed by atoms with Crippen molar-refractivity contribution in [3.8, 4) is 0 Å². The topological polar surface area (TPSA) is 57.7 Å². The Labute approximate surface area is 253 Å². The van der Waals surface area contributed by atoms with E-state index >= 15 is 0 Å². The van der Waals surface area contributed by atoms with Crippen LogP contribution in [0.5, 0.6) is 0 Å². The second kappa shape index (κ2) is 14.1. The Kier molecular flexibility index (Phi) is 11.1. The summed E-state index contributed by atoms with van der Waals surface area (Å²) < 4.78 is 44.8. The number of halogens is 6. The Morgan fingerprint density at radius 3 is 2.44 bits per heavy atom. The van der Waals surface area contributed by atoms with Gasteiger partial charge in [-0.1, -0.05) is 29.8 Å². The Balaban J connectivity index is 0.00000231. The van der Waals surface area contributed by atoms with Gasteiger partial charge in [0.25, 0.3) is 0 Å². The van der Waals surface area contributed by atoms with E-state index in [9.17, 15) is 18.0 Å². The maximum atomic E-state index is 13.1. The van der Waals surface area contributed by atoms with Crippen molar-refractivity contribution >= 4 is 70.3 Å². The molecule has 1 aromatic heterocycles. The van der Waals surface area contributed by atoms with Crippen molar-refractivity contribution < 1.29 is 22.7 Å². The lowest BCUT2D eigenvalue weighted by Crippen LogP contribution is -2.47. The van der Waals surface area contributed by atoms with Crippen LogP contribution in [0.3, 0.4) is 0 Å². The highest BCUT2D eigenvalue weighted by Crippen LogP contribution is 2.32. The largest absolute Gasteiger partial charge is 0.461 e. The molecule has 41 heavy (non-hydrogen) atoms. The fourth-order valence-corrected chi connectivity index (χ4v) is 4.77. The highest BCUT2D eigenvalue weighted by molar-refractivity contribution is 6.31. The second-order valence-electron chi connectivity index (χ2n) is 9.20. The molecule has 4 aromatic rings. The molecule has 2 heterocycles. The number of aromatic nitrogens is 1. The average molecular weight is 628 g/mol. The molecule has 0 unspecified atom stereocenters. The summed E-state index contributed by atoms with van der Waals surface area (Å²) in [6, 6.07) is 19.8. The number of piperazine rings is 1. The van der Waals surface area contributed by atoms with Crippen LogP contribution >= 0.6 is 36.4 Å². The first-order valence-electron chi connectivity index (χ1n) is 12.5. The van der Waals surface area contributed by atoms with Crippen LogP contribution in [-0.2, 0) is 10.9 Å². The van der Waals surface area contributed by atoms with Crippen molar-refractivity contribution in [3.05, 3.63) is 95.1 Å². The molecule has 3 aromatic carbocycles. The van der Waals surface area contributed by atoms with Gasteiger partial charge in [-0.25, -0.2) is 4.79 Å². The summed E-state index contributed by atoms with van der Waals surface area (Å²) in [7, 11) is 0.